The summed E-state index contributed by atoms with van der Waals surface area (Å²) in [5, 5.41) is 2.85. The lowest BCUT2D eigenvalue weighted by Gasteiger charge is -2.29. The second kappa shape index (κ2) is 6.39. The zero-order valence-corrected chi connectivity index (χ0v) is 14.8. The summed E-state index contributed by atoms with van der Waals surface area (Å²) in [6, 6.07) is 5.91. The fourth-order valence-electron chi connectivity index (χ4n) is 2.27. The standard InChI is InChI=1S/C17H24BrNO2/c1-11(17(2,3)4)9-14(18)12-5-6-15-13(10-12)16(20)19-7-8-21-15/h5-6,10-11,14H,7-9H2,1-4H3,(H,19,20). The highest BCUT2D eigenvalue weighted by Crippen LogP contribution is 2.38. The van der Waals surface area contributed by atoms with Crippen LogP contribution in [0.15, 0.2) is 18.2 Å². The third-order valence-electron chi connectivity index (χ3n) is 4.29. The van der Waals surface area contributed by atoms with Gasteiger partial charge in [0.25, 0.3) is 5.91 Å². The van der Waals surface area contributed by atoms with Gasteiger partial charge >= 0.3 is 0 Å². The van der Waals surface area contributed by atoms with E-state index >= 15 is 0 Å². The van der Waals surface area contributed by atoms with Crippen molar-refractivity contribution in [2.24, 2.45) is 11.3 Å². The van der Waals surface area contributed by atoms with E-state index in [1.54, 1.807) is 0 Å². The van der Waals surface area contributed by atoms with Crippen molar-refractivity contribution < 1.29 is 9.53 Å². The normalized spacial score (nSPS) is 18.0. The van der Waals surface area contributed by atoms with Crippen molar-refractivity contribution in [1.82, 2.24) is 5.32 Å². The molecular formula is C17H24BrNO2. The highest BCUT2D eigenvalue weighted by atomic mass is 79.9. The van der Waals surface area contributed by atoms with Crippen LogP contribution in [0, 0.1) is 11.3 Å². The van der Waals surface area contributed by atoms with Gasteiger partial charge in [0.15, 0.2) is 0 Å². The Bertz CT molecular complexity index is 522. The van der Waals surface area contributed by atoms with E-state index in [9.17, 15) is 4.79 Å². The first-order chi connectivity index (χ1) is 9.79. The van der Waals surface area contributed by atoms with Gasteiger partial charge in [-0.25, -0.2) is 0 Å². The monoisotopic (exact) mass is 353 g/mol. The number of carbonyl (C=O) groups excluding carboxylic acids is 1. The number of halogens is 1. The van der Waals surface area contributed by atoms with Gasteiger partial charge in [0, 0.05) is 4.83 Å². The van der Waals surface area contributed by atoms with Gasteiger partial charge in [0.05, 0.1) is 12.1 Å². The number of alkyl halides is 1. The van der Waals surface area contributed by atoms with Gasteiger partial charge < -0.3 is 10.1 Å². The number of carbonyl (C=O) groups is 1. The number of ether oxygens (including phenoxy) is 1. The van der Waals surface area contributed by atoms with Crippen molar-refractivity contribution >= 4 is 21.8 Å². The number of nitrogens with one attached hydrogen (secondary N) is 1. The summed E-state index contributed by atoms with van der Waals surface area (Å²) in [7, 11) is 0. The first kappa shape index (κ1) is 16.3. The van der Waals surface area contributed by atoms with Crippen molar-refractivity contribution in [1.29, 1.82) is 0 Å². The smallest absolute Gasteiger partial charge is 0.255 e. The molecule has 0 spiro atoms. The molecule has 116 valence electrons. The number of benzene rings is 1. The topological polar surface area (TPSA) is 38.3 Å². The summed E-state index contributed by atoms with van der Waals surface area (Å²) in [5.41, 5.74) is 2.04. The van der Waals surface area contributed by atoms with E-state index in [0.29, 0.717) is 30.4 Å². The minimum Gasteiger partial charge on any atom is -0.491 e. The molecule has 0 bridgehead atoms. The third-order valence-corrected chi connectivity index (χ3v) is 5.20. The minimum atomic E-state index is -0.0482. The molecule has 0 fully saturated rings. The molecule has 1 aliphatic heterocycles. The maximum atomic E-state index is 12.1. The van der Waals surface area contributed by atoms with E-state index in [1.807, 2.05) is 18.2 Å². The van der Waals surface area contributed by atoms with E-state index in [4.69, 9.17) is 4.74 Å². The summed E-state index contributed by atoms with van der Waals surface area (Å²) >= 11 is 3.77. The van der Waals surface area contributed by atoms with Crippen LogP contribution in [0.5, 0.6) is 5.75 Å². The van der Waals surface area contributed by atoms with Gasteiger partial charge in [-0.2, -0.15) is 0 Å². The Morgan fingerprint density at radius 2 is 2.10 bits per heavy atom. The van der Waals surface area contributed by atoms with Crippen LogP contribution in [-0.4, -0.2) is 19.1 Å². The molecule has 2 rings (SSSR count). The molecule has 21 heavy (non-hydrogen) atoms. The quantitative estimate of drug-likeness (QED) is 0.821. The van der Waals surface area contributed by atoms with E-state index in [1.165, 1.54) is 0 Å². The van der Waals surface area contributed by atoms with Crippen molar-refractivity contribution in [3.63, 3.8) is 0 Å². The molecule has 1 N–H and O–H groups in total. The van der Waals surface area contributed by atoms with Gasteiger partial charge in [-0.1, -0.05) is 49.7 Å². The molecule has 2 unspecified atom stereocenters. The number of amides is 1. The van der Waals surface area contributed by atoms with Crippen LogP contribution in [-0.2, 0) is 0 Å². The molecule has 1 aromatic rings. The maximum absolute atomic E-state index is 12.1. The molecule has 0 aliphatic carbocycles. The summed E-state index contributed by atoms with van der Waals surface area (Å²) in [5.74, 6) is 1.20. The Labute approximate surface area is 135 Å². The fraction of sp³-hybridized carbons (Fsp3) is 0.588. The Morgan fingerprint density at radius 3 is 2.76 bits per heavy atom. The van der Waals surface area contributed by atoms with E-state index in [0.717, 1.165) is 12.0 Å². The predicted octanol–water partition coefficient (Wildman–Crippen LogP) is 4.32. The van der Waals surface area contributed by atoms with Crippen LogP contribution in [0.2, 0.25) is 0 Å². The molecule has 1 aromatic carbocycles. The van der Waals surface area contributed by atoms with E-state index < -0.39 is 0 Å². The summed E-state index contributed by atoms with van der Waals surface area (Å²) in [6.45, 7) is 10.1. The lowest BCUT2D eigenvalue weighted by Crippen LogP contribution is -2.24. The molecular weight excluding hydrogens is 330 g/mol. The molecule has 0 saturated heterocycles. The molecule has 4 heteroatoms. The SMILES string of the molecule is CC(CC(Br)c1ccc2c(c1)C(=O)NCCO2)C(C)(C)C. The molecule has 1 amide bonds. The van der Waals surface area contributed by atoms with Crippen LogP contribution in [0.3, 0.4) is 0 Å². The predicted molar refractivity (Wildman–Crippen MR) is 89.2 cm³/mol. The van der Waals surface area contributed by atoms with Crippen molar-refractivity contribution in [3.05, 3.63) is 29.3 Å². The Hall–Kier alpha value is -1.03. The third kappa shape index (κ3) is 4.00. The van der Waals surface area contributed by atoms with Gasteiger partial charge in [-0.05, 0) is 35.4 Å². The average molecular weight is 354 g/mol. The Morgan fingerprint density at radius 1 is 1.38 bits per heavy atom. The second-order valence-electron chi connectivity index (χ2n) is 6.83. The first-order valence-corrected chi connectivity index (χ1v) is 8.39. The molecule has 1 aliphatic rings. The van der Waals surface area contributed by atoms with Crippen LogP contribution >= 0.6 is 15.9 Å². The highest BCUT2D eigenvalue weighted by molar-refractivity contribution is 9.09. The van der Waals surface area contributed by atoms with Gasteiger partial charge in [0.1, 0.15) is 12.4 Å². The molecule has 2 atom stereocenters. The second-order valence-corrected chi connectivity index (χ2v) is 7.94. The van der Waals surface area contributed by atoms with Gasteiger partial charge in [-0.15, -0.1) is 0 Å². The minimum absolute atomic E-state index is 0.0482. The van der Waals surface area contributed by atoms with Gasteiger partial charge in [0.2, 0.25) is 0 Å². The van der Waals surface area contributed by atoms with Crippen molar-refractivity contribution in [2.45, 2.75) is 38.9 Å². The number of rotatable bonds is 3. The zero-order chi connectivity index (χ0) is 15.6. The van der Waals surface area contributed by atoms with Gasteiger partial charge in [-0.3, -0.25) is 4.79 Å². The molecule has 0 saturated carbocycles. The zero-order valence-electron chi connectivity index (χ0n) is 13.2. The average Bonchev–Trinajstić information content (AvgIpc) is 2.59. The van der Waals surface area contributed by atoms with Crippen LogP contribution in [0.25, 0.3) is 0 Å². The Balaban J connectivity index is 2.19. The fourth-order valence-corrected chi connectivity index (χ4v) is 3.11. The van der Waals surface area contributed by atoms with Crippen LogP contribution < -0.4 is 10.1 Å². The lowest BCUT2D eigenvalue weighted by atomic mass is 9.79. The highest BCUT2D eigenvalue weighted by Gasteiger charge is 2.24. The summed E-state index contributed by atoms with van der Waals surface area (Å²) < 4.78 is 5.59. The summed E-state index contributed by atoms with van der Waals surface area (Å²) in [6.07, 6.45) is 1.03. The maximum Gasteiger partial charge on any atom is 0.255 e. The summed E-state index contributed by atoms with van der Waals surface area (Å²) in [4.78, 5) is 12.3. The lowest BCUT2D eigenvalue weighted by molar-refractivity contribution is 0.0957. The van der Waals surface area contributed by atoms with Crippen LogP contribution in [0.4, 0.5) is 0 Å². The van der Waals surface area contributed by atoms with Crippen molar-refractivity contribution in [3.8, 4) is 5.75 Å². The molecule has 1 heterocycles. The van der Waals surface area contributed by atoms with E-state index in [-0.39, 0.29) is 16.1 Å². The number of hydrogen-bond donors (Lipinski definition) is 1. The largest absolute Gasteiger partial charge is 0.491 e. The van der Waals surface area contributed by atoms with Crippen molar-refractivity contribution in [2.75, 3.05) is 13.2 Å². The Kier molecular flexibility index (Phi) is 4.97. The number of hydrogen-bond acceptors (Lipinski definition) is 2. The van der Waals surface area contributed by atoms with Crippen LogP contribution in [0.1, 0.15) is 54.9 Å². The molecule has 0 aromatic heterocycles. The van der Waals surface area contributed by atoms with E-state index in [2.05, 4.69) is 48.9 Å². The molecule has 3 nitrogen and oxygen atoms in total. The number of fused-ring (bicyclic) bond motifs is 1. The first-order valence-electron chi connectivity index (χ1n) is 7.48. The molecule has 0 radical (unpaired) electrons.